The molecule has 0 atom stereocenters. The van der Waals surface area contributed by atoms with Gasteiger partial charge in [-0.2, -0.15) is 4.98 Å². The average molecular weight is 401 g/mol. The van der Waals surface area contributed by atoms with Gasteiger partial charge in [-0.3, -0.25) is 23.1 Å². The first kappa shape index (κ1) is 18.1. The van der Waals surface area contributed by atoms with E-state index in [4.69, 9.17) is 17.3 Å². The van der Waals surface area contributed by atoms with Crippen molar-refractivity contribution >= 4 is 34.4 Å². The monoisotopic (exact) mass is 400 g/mol. The van der Waals surface area contributed by atoms with Crippen LogP contribution in [-0.4, -0.2) is 29.0 Å². The Hall–Kier alpha value is -3.33. The van der Waals surface area contributed by atoms with Crippen molar-refractivity contribution in [2.24, 2.45) is 12.8 Å². The van der Waals surface area contributed by atoms with Gasteiger partial charge in [0, 0.05) is 29.1 Å². The average Bonchev–Trinajstić information content (AvgIpc) is 3.14. The van der Waals surface area contributed by atoms with E-state index in [0.717, 1.165) is 21.6 Å². The highest BCUT2D eigenvalue weighted by Crippen LogP contribution is 2.25. The van der Waals surface area contributed by atoms with E-state index >= 15 is 0 Å². The van der Waals surface area contributed by atoms with Crippen LogP contribution in [-0.2, 0) is 18.4 Å². The molecule has 1 amide bonds. The number of fused-ring (bicyclic) bond motifs is 3. The maximum Gasteiger partial charge on any atom is 0.332 e. The summed E-state index contributed by atoms with van der Waals surface area (Å²) in [5.41, 5.74) is 6.87. The molecule has 28 heavy (non-hydrogen) atoms. The van der Waals surface area contributed by atoms with Crippen molar-refractivity contribution in [3.8, 4) is 5.69 Å². The van der Waals surface area contributed by atoms with Crippen LogP contribution in [0, 0.1) is 13.8 Å². The van der Waals surface area contributed by atoms with Crippen LogP contribution in [0.1, 0.15) is 11.4 Å². The molecule has 10 heteroatoms. The molecule has 4 rings (SSSR count). The molecule has 0 saturated heterocycles. The maximum atomic E-state index is 13.0. The van der Waals surface area contributed by atoms with Gasteiger partial charge in [-0.1, -0.05) is 11.6 Å². The zero-order valence-electron chi connectivity index (χ0n) is 15.4. The number of carbonyl (C=O) groups is 1. The van der Waals surface area contributed by atoms with E-state index in [2.05, 4.69) is 4.98 Å². The molecule has 0 aliphatic rings. The molecule has 0 bridgehead atoms. The molecule has 3 aromatic heterocycles. The minimum atomic E-state index is -0.772. The molecule has 0 aliphatic heterocycles. The Bertz CT molecular complexity index is 1390. The number of halogens is 1. The van der Waals surface area contributed by atoms with E-state index in [-0.39, 0.29) is 11.2 Å². The maximum absolute atomic E-state index is 13.0. The van der Waals surface area contributed by atoms with Crippen LogP contribution in [0.15, 0.2) is 33.9 Å². The van der Waals surface area contributed by atoms with Crippen molar-refractivity contribution in [2.45, 2.75) is 20.4 Å². The molecule has 9 nitrogen and oxygen atoms in total. The number of nitrogens with two attached hydrogens (primary N) is 1. The summed E-state index contributed by atoms with van der Waals surface area (Å²) < 4.78 is 5.65. The highest BCUT2D eigenvalue weighted by atomic mass is 35.5. The molecule has 4 aromatic rings. The number of aromatic nitrogens is 5. The number of hydrogen-bond donors (Lipinski definition) is 1. The number of aryl methyl sites for hydroxylation is 2. The highest BCUT2D eigenvalue weighted by molar-refractivity contribution is 6.30. The number of imidazole rings is 2. The van der Waals surface area contributed by atoms with E-state index in [0.29, 0.717) is 10.8 Å². The number of rotatable bonds is 3. The standard InChI is InChI=1S/C18H17ClN6O3/c1-9-10(2)25-14-15(22(3)18(28)23(16(14)27)8-13(20)26)21-17(25)24(9)12-6-4-11(19)5-7-12/h4-7H,8H2,1-3H3,(H2,20,26). The fraction of sp³-hybridized carbons (Fsp3) is 0.222. The molecule has 0 aliphatic carbocycles. The lowest BCUT2D eigenvalue weighted by molar-refractivity contribution is -0.118. The quantitative estimate of drug-likeness (QED) is 0.550. The topological polar surface area (TPSA) is 109 Å². The van der Waals surface area contributed by atoms with Crippen molar-refractivity contribution < 1.29 is 4.79 Å². The zero-order chi connectivity index (χ0) is 20.3. The first-order chi connectivity index (χ1) is 13.2. The minimum absolute atomic E-state index is 0.215. The summed E-state index contributed by atoms with van der Waals surface area (Å²) in [6.45, 7) is 3.28. The van der Waals surface area contributed by atoms with Crippen LogP contribution in [0.5, 0.6) is 0 Å². The number of amides is 1. The van der Waals surface area contributed by atoms with Gasteiger partial charge in [0.25, 0.3) is 5.56 Å². The Morgan fingerprint density at radius 3 is 2.39 bits per heavy atom. The Kier molecular flexibility index (Phi) is 3.93. The van der Waals surface area contributed by atoms with Gasteiger partial charge in [-0.25, -0.2) is 9.36 Å². The summed E-state index contributed by atoms with van der Waals surface area (Å²) in [4.78, 5) is 41.5. The van der Waals surface area contributed by atoms with E-state index in [1.165, 1.54) is 11.6 Å². The van der Waals surface area contributed by atoms with E-state index in [1.54, 1.807) is 16.5 Å². The van der Waals surface area contributed by atoms with Crippen molar-refractivity contribution in [1.29, 1.82) is 0 Å². The molecule has 0 fully saturated rings. The second-order valence-corrected chi connectivity index (χ2v) is 7.04. The van der Waals surface area contributed by atoms with Crippen LogP contribution < -0.4 is 17.0 Å². The fourth-order valence-corrected chi connectivity index (χ4v) is 3.57. The molecule has 1 aromatic carbocycles. The highest BCUT2D eigenvalue weighted by Gasteiger charge is 2.23. The van der Waals surface area contributed by atoms with Gasteiger partial charge in [-0.15, -0.1) is 0 Å². The first-order valence-corrected chi connectivity index (χ1v) is 8.84. The summed E-state index contributed by atoms with van der Waals surface area (Å²) in [6.07, 6.45) is 0. The van der Waals surface area contributed by atoms with Gasteiger partial charge < -0.3 is 5.73 Å². The van der Waals surface area contributed by atoms with E-state index < -0.39 is 23.7 Å². The molecule has 2 N–H and O–H groups in total. The predicted molar refractivity (Wildman–Crippen MR) is 105 cm³/mol. The summed E-state index contributed by atoms with van der Waals surface area (Å²) in [6, 6.07) is 7.22. The van der Waals surface area contributed by atoms with Crippen molar-refractivity contribution in [3.05, 3.63) is 61.5 Å². The van der Waals surface area contributed by atoms with Crippen LogP contribution in [0.2, 0.25) is 5.02 Å². The molecule has 3 heterocycles. The number of nitrogens with zero attached hydrogens (tertiary/aromatic N) is 5. The molecule has 0 unspecified atom stereocenters. The van der Waals surface area contributed by atoms with E-state index in [9.17, 15) is 14.4 Å². The third-order valence-electron chi connectivity index (χ3n) is 4.92. The predicted octanol–water partition coefficient (Wildman–Crippen LogP) is 0.894. The molecular formula is C18H17ClN6O3. The van der Waals surface area contributed by atoms with Crippen molar-refractivity contribution in [1.82, 2.24) is 23.1 Å². The van der Waals surface area contributed by atoms with Crippen LogP contribution in [0.3, 0.4) is 0 Å². The molecular weight excluding hydrogens is 384 g/mol. The van der Waals surface area contributed by atoms with Gasteiger partial charge in [0.1, 0.15) is 6.54 Å². The van der Waals surface area contributed by atoms with Crippen LogP contribution in [0.4, 0.5) is 0 Å². The number of primary amides is 1. The first-order valence-electron chi connectivity index (χ1n) is 8.46. The number of hydrogen-bond acceptors (Lipinski definition) is 4. The largest absolute Gasteiger partial charge is 0.368 e. The Morgan fingerprint density at radius 1 is 1.14 bits per heavy atom. The molecule has 0 saturated carbocycles. The summed E-state index contributed by atoms with van der Waals surface area (Å²) in [5, 5.41) is 0.603. The van der Waals surface area contributed by atoms with Crippen molar-refractivity contribution in [2.75, 3.05) is 0 Å². The minimum Gasteiger partial charge on any atom is -0.368 e. The molecule has 144 valence electrons. The Labute approximate surface area is 163 Å². The molecule has 0 radical (unpaired) electrons. The van der Waals surface area contributed by atoms with Gasteiger partial charge in [0.15, 0.2) is 11.2 Å². The van der Waals surface area contributed by atoms with Crippen LogP contribution in [0.25, 0.3) is 22.6 Å². The smallest absolute Gasteiger partial charge is 0.332 e. The van der Waals surface area contributed by atoms with E-state index in [1.807, 2.05) is 30.5 Å². The van der Waals surface area contributed by atoms with Gasteiger partial charge >= 0.3 is 5.69 Å². The summed E-state index contributed by atoms with van der Waals surface area (Å²) >= 11 is 5.99. The second-order valence-electron chi connectivity index (χ2n) is 6.60. The fourth-order valence-electron chi connectivity index (χ4n) is 3.45. The SMILES string of the molecule is Cc1c(C)n2c3c(=O)n(CC(N)=O)c(=O)n(C)c3nc2n1-c1ccc(Cl)cc1. The van der Waals surface area contributed by atoms with Crippen molar-refractivity contribution in [3.63, 3.8) is 0 Å². The molecule has 0 spiro atoms. The summed E-state index contributed by atoms with van der Waals surface area (Å²) in [5.74, 6) is -0.290. The lowest BCUT2D eigenvalue weighted by atomic mass is 10.3. The van der Waals surface area contributed by atoms with Crippen LogP contribution >= 0.6 is 11.6 Å². The third kappa shape index (κ3) is 2.40. The summed E-state index contributed by atoms with van der Waals surface area (Å²) in [7, 11) is 1.50. The second kappa shape index (κ2) is 6.10. The van der Waals surface area contributed by atoms with Gasteiger partial charge in [0.05, 0.1) is 0 Å². The Balaban J connectivity index is 2.18. The lowest BCUT2D eigenvalue weighted by Crippen LogP contribution is -2.42. The normalized spacial score (nSPS) is 11.6. The number of benzene rings is 1. The van der Waals surface area contributed by atoms with Gasteiger partial charge in [0.2, 0.25) is 11.7 Å². The lowest BCUT2D eigenvalue weighted by Gasteiger charge is -2.07. The third-order valence-corrected chi connectivity index (χ3v) is 5.17. The number of carbonyl (C=O) groups excluding carboxylic acids is 1. The zero-order valence-corrected chi connectivity index (χ0v) is 16.2. The van der Waals surface area contributed by atoms with Gasteiger partial charge in [-0.05, 0) is 38.1 Å². The Morgan fingerprint density at radius 2 is 1.79 bits per heavy atom.